The summed E-state index contributed by atoms with van der Waals surface area (Å²) in [6.07, 6.45) is 11.4. The van der Waals surface area contributed by atoms with Crippen molar-refractivity contribution >= 4 is 36.6 Å². The first-order valence-electron chi connectivity index (χ1n) is 25.2. The molecule has 3 fully saturated rings. The Morgan fingerprint density at radius 2 is 1.57 bits per heavy atom. The first kappa shape index (κ1) is 58.4. The third-order valence-electron chi connectivity index (χ3n) is 14.8. The monoisotopic (exact) mass is 990 g/mol. The number of carbonyl (C=O) groups excluding carboxylic acids is 5. The van der Waals surface area contributed by atoms with Gasteiger partial charge in [0.25, 0.3) is 11.7 Å². The summed E-state index contributed by atoms with van der Waals surface area (Å²) in [5.41, 5.74) is 1.25. The van der Waals surface area contributed by atoms with Gasteiger partial charge in [0.05, 0.1) is 24.4 Å². The fourth-order valence-corrected chi connectivity index (χ4v) is 11.4. The molecule has 1 saturated carbocycles. The van der Waals surface area contributed by atoms with Crippen LogP contribution in [0.2, 0.25) is 0 Å². The molecule has 0 spiro atoms. The van der Waals surface area contributed by atoms with Gasteiger partial charge in [-0.3, -0.25) is 23.7 Å². The van der Waals surface area contributed by atoms with Crippen LogP contribution in [0.15, 0.2) is 47.6 Å². The Labute approximate surface area is 411 Å². The molecule has 2 saturated heterocycles. The van der Waals surface area contributed by atoms with Crippen LogP contribution in [0.3, 0.4) is 0 Å². The van der Waals surface area contributed by atoms with Crippen molar-refractivity contribution in [2.75, 3.05) is 41.2 Å². The second-order valence-electron chi connectivity index (χ2n) is 20.9. The molecule has 15 atom stereocenters. The number of Topliss-reactive ketones (excluding diaryl/α,β-unsaturated/α-hetero) is 3. The van der Waals surface area contributed by atoms with E-state index in [-0.39, 0.29) is 60.9 Å². The van der Waals surface area contributed by atoms with Gasteiger partial charge >= 0.3 is 5.97 Å². The Balaban J connectivity index is 1.70. The number of ether oxygens (including phenoxy) is 5. The van der Waals surface area contributed by atoms with Crippen LogP contribution in [-0.4, -0.2) is 140 Å². The number of carbonyl (C=O) groups is 5. The van der Waals surface area contributed by atoms with Gasteiger partial charge in [-0.25, -0.2) is 4.79 Å². The molecule has 0 aromatic heterocycles. The number of rotatable bonds is 8. The molecule has 390 valence electrons. The summed E-state index contributed by atoms with van der Waals surface area (Å²) in [6, 6.07) is -1.16. The minimum atomic E-state index is -2.79. The maximum Gasteiger partial charge on any atom is 0.329 e. The number of methoxy groups -OCH3 is 3. The van der Waals surface area contributed by atoms with E-state index in [4.69, 9.17) is 28.2 Å². The normalized spacial score (nSPS) is 37.8. The van der Waals surface area contributed by atoms with E-state index in [1.54, 1.807) is 54.4 Å². The summed E-state index contributed by atoms with van der Waals surface area (Å²) in [5, 5.41) is 23.5. The molecule has 0 radical (unpaired) electrons. The lowest BCUT2D eigenvalue weighted by Gasteiger charge is -2.42. The highest BCUT2D eigenvalue weighted by molar-refractivity contribution is 7.57. The highest BCUT2D eigenvalue weighted by Gasteiger charge is 2.53. The van der Waals surface area contributed by atoms with Crippen molar-refractivity contribution < 1.29 is 67.0 Å². The Bertz CT molecular complexity index is 1940. The molecule has 3 aliphatic heterocycles. The van der Waals surface area contributed by atoms with Crippen LogP contribution in [0.1, 0.15) is 126 Å². The molecule has 3 heterocycles. The molecule has 4 aliphatic rings. The van der Waals surface area contributed by atoms with Crippen LogP contribution in [-0.2, 0) is 56.7 Å². The summed E-state index contributed by atoms with van der Waals surface area (Å²) in [5.74, 6) is -8.11. The Morgan fingerprint density at radius 3 is 2.22 bits per heavy atom. The van der Waals surface area contributed by atoms with E-state index in [1.807, 2.05) is 58.1 Å². The zero-order valence-corrected chi connectivity index (χ0v) is 44.3. The predicted molar refractivity (Wildman–Crippen MR) is 263 cm³/mol. The number of cyclic esters (lactones) is 1. The zero-order valence-electron chi connectivity index (χ0n) is 43.4. The number of esters is 1. The molecule has 0 aromatic carbocycles. The lowest BCUT2D eigenvalue weighted by molar-refractivity contribution is -0.265. The molecule has 1 amide bonds. The topological polar surface area (TPSA) is 201 Å². The van der Waals surface area contributed by atoms with Crippen molar-refractivity contribution in [1.29, 1.82) is 0 Å². The summed E-state index contributed by atoms with van der Waals surface area (Å²) < 4.78 is 48.2. The molecule has 0 aromatic rings. The van der Waals surface area contributed by atoms with Crippen molar-refractivity contribution in [3.05, 3.63) is 47.6 Å². The van der Waals surface area contributed by atoms with E-state index in [0.29, 0.717) is 63.4 Å². The minimum Gasteiger partial charge on any atom is -0.460 e. The molecule has 2 bridgehead atoms. The molecule has 4 rings (SSSR count). The fourth-order valence-electron chi connectivity index (χ4n) is 10.5. The summed E-state index contributed by atoms with van der Waals surface area (Å²) in [7, 11) is 1.76. The Kier molecular flexibility index (Phi) is 22.5. The van der Waals surface area contributed by atoms with Gasteiger partial charge in [-0.05, 0) is 107 Å². The molecule has 16 heteroatoms. The van der Waals surface area contributed by atoms with Crippen LogP contribution < -0.4 is 0 Å². The third kappa shape index (κ3) is 16.2. The number of nitrogens with zero attached hydrogens (tertiary/aromatic N) is 1. The average molecular weight is 990 g/mol. The molecular formula is C53H84NO14P. The zero-order chi connectivity index (χ0) is 51.4. The van der Waals surface area contributed by atoms with Crippen molar-refractivity contribution in [1.82, 2.24) is 4.90 Å². The van der Waals surface area contributed by atoms with Gasteiger partial charge in [0.2, 0.25) is 5.79 Å². The van der Waals surface area contributed by atoms with Crippen molar-refractivity contribution in [3.63, 3.8) is 0 Å². The number of amides is 1. The molecule has 2 N–H and O–H groups in total. The Morgan fingerprint density at radius 1 is 0.855 bits per heavy atom. The second kappa shape index (κ2) is 26.5. The van der Waals surface area contributed by atoms with Gasteiger partial charge in [-0.15, -0.1) is 0 Å². The van der Waals surface area contributed by atoms with Gasteiger partial charge < -0.3 is 43.3 Å². The lowest BCUT2D eigenvalue weighted by Crippen LogP contribution is -2.61. The molecule has 1 aliphatic carbocycles. The minimum absolute atomic E-state index is 0.0117. The van der Waals surface area contributed by atoms with E-state index >= 15 is 0 Å². The number of hydrogen-bond donors (Lipinski definition) is 2. The SMILES string of the molecule is CO[C@H]1C[C@@H]2CC[C@@H](C)[C@@](O)(O2)C(=O)C(=O)N2CCCC[C@H]2C(=O)O[C@H]([C@H](C)C[C@@H]2CC[C@@H](OP(C)(C)=O)[C@H](OC)C2)CC(=O)[C@H](C)/C=C(\C)[C@@H](O)[C@@H](OC)C(=O)[C@H](C)C[C@H](C)/C=C/C=CC=C1C. The van der Waals surface area contributed by atoms with Crippen LogP contribution in [0.25, 0.3) is 0 Å². The van der Waals surface area contributed by atoms with Gasteiger partial charge in [0, 0.05) is 71.8 Å². The van der Waals surface area contributed by atoms with E-state index in [0.717, 1.165) is 12.0 Å². The van der Waals surface area contributed by atoms with Gasteiger partial charge in [0.1, 0.15) is 30.1 Å². The van der Waals surface area contributed by atoms with Crippen LogP contribution >= 0.6 is 7.37 Å². The molecular weight excluding hydrogens is 906 g/mol. The first-order valence-corrected chi connectivity index (χ1v) is 27.7. The van der Waals surface area contributed by atoms with Crippen molar-refractivity contribution in [2.24, 2.45) is 35.5 Å². The number of fused-ring (bicyclic) bond motifs is 3. The summed E-state index contributed by atoms with van der Waals surface area (Å²) >= 11 is 0. The smallest absolute Gasteiger partial charge is 0.329 e. The molecule has 69 heavy (non-hydrogen) atoms. The molecule has 0 unspecified atom stereocenters. The second-order valence-corrected chi connectivity index (χ2v) is 23.6. The van der Waals surface area contributed by atoms with E-state index in [2.05, 4.69) is 0 Å². The lowest BCUT2D eigenvalue weighted by atomic mass is 9.78. The first-order chi connectivity index (χ1) is 32.4. The highest BCUT2D eigenvalue weighted by atomic mass is 31.2. The molecule has 15 nitrogen and oxygen atoms in total. The van der Waals surface area contributed by atoms with Crippen LogP contribution in [0.4, 0.5) is 0 Å². The van der Waals surface area contributed by atoms with Crippen LogP contribution in [0.5, 0.6) is 0 Å². The maximum atomic E-state index is 14.5. The fraction of sp³-hybridized carbons (Fsp3) is 0.755. The van der Waals surface area contributed by atoms with Gasteiger partial charge in [-0.2, -0.15) is 0 Å². The number of hydrogen-bond acceptors (Lipinski definition) is 14. The van der Waals surface area contributed by atoms with Crippen LogP contribution in [0, 0.1) is 35.5 Å². The third-order valence-corrected chi connectivity index (χ3v) is 15.6. The number of ketones is 3. The quantitative estimate of drug-likeness (QED) is 0.104. The number of allylic oxidation sites excluding steroid dienone is 6. The average Bonchev–Trinajstić information content (AvgIpc) is 3.30. The standard InChI is InChI=1S/C53H84NO14P/c1-32-18-14-13-15-19-33(2)44(63-8)30-40-23-21-38(7)53(61,67-40)50(58)51(59)54-25-17-16-20-41(54)52(60)66-45(35(4)28-39-22-24-43(46(29-39)64-9)68-69(11,12)62)31-42(55)34(3)27-37(6)48(57)49(65-10)47(56)36(5)26-32/h13-15,18-19,27,32,34-36,38-41,43-46,48-49,57,61H,16-17,20-26,28-31H2,1-12H3/b15-13?,18-14+,33-19?,37-27+/t32-,34-,35-,36-,38-,39+,40+,41+,43-,44+,45+,46-,48-,49+,53-/m1/s1. The Hall–Kier alpha value is -3.14. The number of aliphatic hydroxyl groups excluding tert-OH is 1. The highest BCUT2D eigenvalue weighted by Crippen LogP contribution is 2.45. The van der Waals surface area contributed by atoms with Gasteiger partial charge in [-0.1, -0.05) is 71.1 Å². The van der Waals surface area contributed by atoms with E-state index < -0.39 is 85.1 Å². The largest absolute Gasteiger partial charge is 0.460 e. The summed E-state index contributed by atoms with van der Waals surface area (Å²) in [6.45, 7) is 15.9. The van der Waals surface area contributed by atoms with E-state index in [1.165, 1.54) is 12.0 Å². The van der Waals surface area contributed by atoms with Crippen molar-refractivity contribution in [2.45, 2.75) is 180 Å². The number of piperidine rings is 1. The number of aliphatic hydroxyl groups is 2. The van der Waals surface area contributed by atoms with Gasteiger partial charge in [0.15, 0.2) is 13.2 Å². The van der Waals surface area contributed by atoms with Crippen molar-refractivity contribution in [3.8, 4) is 0 Å². The summed E-state index contributed by atoms with van der Waals surface area (Å²) in [4.78, 5) is 72.2. The predicted octanol–water partition coefficient (Wildman–Crippen LogP) is 7.74. The van der Waals surface area contributed by atoms with E-state index in [9.17, 15) is 38.8 Å². The maximum absolute atomic E-state index is 14.5.